The molecule has 0 saturated carbocycles. The van der Waals surface area contributed by atoms with Crippen LogP contribution in [0.5, 0.6) is 11.5 Å². The first-order chi connectivity index (χ1) is 14.7. The van der Waals surface area contributed by atoms with Crippen molar-refractivity contribution in [2.24, 2.45) is 0 Å². The van der Waals surface area contributed by atoms with E-state index < -0.39 is 0 Å². The molecule has 0 unspecified atom stereocenters. The van der Waals surface area contributed by atoms with E-state index >= 15 is 0 Å². The molecule has 3 aromatic heterocycles. The van der Waals surface area contributed by atoms with Crippen molar-refractivity contribution in [2.75, 3.05) is 14.2 Å². The lowest BCUT2D eigenvalue weighted by Gasteiger charge is -2.08. The summed E-state index contributed by atoms with van der Waals surface area (Å²) >= 11 is 0. The Morgan fingerprint density at radius 1 is 0.900 bits per heavy atom. The summed E-state index contributed by atoms with van der Waals surface area (Å²) in [6.45, 7) is 0.653. The lowest BCUT2D eigenvalue weighted by molar-refractivity contribution is 0.354. The fraction of sp³-hybridized carbons (Fsp3) is 0.182. The van der Waals surface area contributed by atoms with Crippen LogP contribution in [-0.2, 0) is 13.0 Å². The molecular weight excluding hydrogens is 380 g/mol. The van der Waals surface area contributed by atoms with Crippen LogP contribution in [0.3, 0.4) is 0 Å². The SMILES string of the molecule is COc1ccc(Cc2nc3c4cnn(Cc5ccccc5)c4ncn3n2)cc1OC. The molecule has 2 aromatic carbocycles. The Labute approximate surface area is 172 Å². The summed E-state index contributed by atoms with van der Waals surface area (Å²) in [4.78, 5) is 9.30. The van der Waals surface area contributed by atoms with Crippen molar-refractivity contribution in [2.45, 2.75) is 13.0 Å². The molecule has 8 heteroatoms. The van der Waals surface area contributed by atoms with E-state index in [4.69, 9.17) is 14.5 Å². The van der Waals surface area contributed by atoms with E-state index in [1.807, 2.05) is 41.1 Å². The fourth-order valence-electron chi connectivity index (χ4n) is 3.53. The van der Waals surface area contributed by atoms with Crippen LogP contribution in [0.4, 0.5) is 0 Å². The molecule has 30 heavy (non-hydrogen) atoms. The molecule has 0 spiro atoms. The predicted molar refractivity (Wildman–Crippen MR) is 112 cm³/mol. The summed E-state index contributed by atoms with van der Waals surface area (Å²) in [5, 5.41) is 9.98. The van der Waals surface area contributed by atoms with Crippen LogP contribution in [0.2, 0.25) is 0 Å². The average Bonchev–Trinajstić information content (AvgIpc) is 3.38. The van der Waals surface area contributed by atoms with Gasteiger partial charge in [0.1, 0.15) is 6.33 Å². The lowest BCUT2D eigenvalue weighted by atomic mass is 10.1. The Morgan fingerprint density at radius 2 is 1.73 bits per heavy atom. The minimum absolute atomic E-state index is 0.571. The minimum atomic E-state index is 0.571. The van der Waals surface area contributed by atoms with Crippen molar-refractivity contribution < 1.29 is 9.47 Å². The van der Waals surface area contributed by atoms with Crippen LogP contribution in [0.15, 0.2) is 61.1 Å². The molecular formula is C22H20N6O2. The first kappa shape index (κ1) is 18.1. The quantitative estimate of drug-likeness (QED) is 0.436. The zero-order valence-electron chi connectivity index (χ0n) is 16.7. The molecule has 0 aliphatic heterocycles. The molecule has 0 fully saturated rings. The summed E-state index contributed by atoms with van der Waals surface area (Å²) < 4.78 is 14.3. The number of hydrogen-bond acceptors (Lipinski definition) is 6. The highest BCUT2D eigenvalue weighted by molar-refractivity contribution is 5.88. The maximum atomic E-state index is 5.39. The standard InChI is InChI=1S/C22H20N6O2/c1-29-18-9-8-16(10-19(18)30-2)11-20-25-22-17-12-24-27(13-15-6-4-3-5-7-15)21(17)23-14-28(22)26-20/h3-10,12,14H,11,13H2,1-2H3. The van der Waals surface area contributed by atoms with Crippen molar-refractivity contribution in [1.82, 2.24) is 29.4 Å². The highest BCUT2D eigenvalue weighted by Crippen LogP contribution is 2.28. The van der Waals surface area contributed by atoms with E-state index in [0.717, 1.165) is 22.2 Å². The molecule has 0 N–H and O–H groups in total. The Kier molecular flexibility index (Phi) is 4.51. The number of benzene rings is 2. The van der Waals surface area contributed by atoms with Gasteiger partial charge in [0.2, 0.25) is 0 Å². The number of methoxy groups -OCH3 is 2. The summed E-state index contributed by atoms with van der Waals surface area (Å²) in [7, 11) is 3.25. The van der Waals surface area contributed by atoms with Gasteiger partial charge in [0.05, 0.1) is 32.3 Å². The second kappa shape index (κ2) is 7.47. The van der Waals surface area contributed by atoms with Gasteiger partial charge in [-0.1, -0.05) is 36.4 Å². The fourth-order valence-corrected chi connectivity index (χ4v) is 3.53. The first-order valence-corrected chi connectivity index (χ1v) is 9.56. The molecule has 150 valence electrons. The van der Waals surface area contributed by atoms with E-state index in [0.29, 0.717) is 30.3 Å². The lowest BCUT2D eigenvalue weighted by Crippen LogP contribution is -2.03. The van der Waals surface area contributed by atoms with Gasteiger partial charge < -0.3 is 9.47 Å². The predicted octanol–water partition coefficient (Wildman–Crippen LogP) is 3.13. The Balaban J connectivity index is 1.48. The van der Waals surface area contributed by atoms with Crippen LogP contribution in [0.1, 0.15) is 17.0 Å². The van der Waals surface area contributed by atoms with Gasteiger partial charge >= 0.3 is 0 Å². The molecule has 0 radical (unpaired) electrons. The van der Waals surface area contributed by atoms with Gasteiger partial charge in [-0.2, -0.15) is 5.10 Å². The van der Waals surface area contributed by atoms with Crippen LogP contribution < -0.4 is 9.47 Å². The third kappa shape index (κ3) is 3.22. The van der Waals surface area contributed by atoms with Gasteiger partial charge in [0.15, 0.2) is 28.6 Å². The number of nitrogens with zero attached hydrogens (tertiary/aromatic N) is 6. The second-order valence-electron chi connectivity index (χ2n) is 6.93. The van der Waals surface area contributed by atoms with Gasteiger partial charge in [-0.05, 0) is 23.3 Å². The van der Waals surface area contributed by atoms with E-state index in [-0.39, 0.29) is 0 Å². The zero-order valence-corrected chi connectivity index (χ0v) is 16.7. The molecule has 3 heterocycles. The molecule has 8 nitrogen and oxygen atoms in total. The first-order valence-electron chi connectivity index (χ1n) is 9.56. The number of ether oxygens (including phenoxy) is 2. The van der Waals surface area contributed by atoms with Crippen molar-refractivity contribution >= 4 is 16.7 Å². The summed E-state index contributed by atoms with van der Waals surface area (Å²) in [6.07, 6.45) is 4.06. The Hall–Kier alpha value is -3.94. The van der Waals surface area contributed by atoms with Gasteiger partial charge in [-0.3, -0.25) is 0 Å². The molecule has 0 amide bonds. The summed E-state index contributed by atoms with van der Waals surface area (Å²) in [6, 6.07) is 16.0. The van der Waals surface area contributed by atoms with Gasteiger partial charge in [-0.25, -0.2) is 19.2 Å². The number of fused-ring (bicyclic) bond motifs is 3. The van der Waals surface area contributed by atoms with Crippen LogP contribution in [0, 0.1) is 0 Å². The largest absolute Gasteiger partial charge is 0.493 e. The Morgan fingerprint density at radius 3 is 2.53 bits per heavy atom. The number of hydrogen-bond donors (Lipinski definition) is 0. The van der Waals surface area contributed by atoms with E-state index in [9.17, 15) is 0 Å². The molecule has 5 rings (SSSR count). The van der Waals surface area contributed by atoms with Crippen LogP contribution >= 0.6 is 0 Å². The molecule has 0 atom stereocenters. The molecule has 0 saturated heterocycles. The third-order valence-electron chi connectivity index (χ3n) is 5.00. The van der Waals surface area contributed by atoms with Crippen LogP contribution in [-0.4, -0.2) is 43.6 Å². The zero-order chi connectivity index (χ0) is 20.5. The minimum Gasteiger partial charge on any atom is -0.493 e. The topological polar surface area (TPSA) is 79.4 Å². The molecule has 5 aromatic rings. The van der Waals surface area contributed by atoms with Gasteiger partial charge in [-0.15, -0.1) is 5.10 Å². The van der Waals surface area contributed by atoms with Gasteiger partial charge in [0.25, 0.3) is 0 Å². The highest BCUT2D eigenvalue weighted by atomic mass is 16.5. The van der Waals surface area contributed by atoms with Crippen molar-refractivity contribution in [3.63, 3.8) is 0 Å². The van der Waals surface area contributed by atoms with E-state index in [1.54, 1.807) is 31.3 Å². The smallest absolute Gasteiger partial charge is 0.170 e. The summed E-state index contributed by atoms with van der Waals surface area (Å²) in [5.41, 5.74) is 3.73. The molecule has 0 aliphatic rings. The van der Waals surface area contributed by atoms with E-state index in [1.165, 1.54) is 5.56 Å². The summed E-state index contributed by atoms with van der Waals surface area (Å²) in [5.74, 6) is 2.08. The molecule has 0 aliphatic carbocycles. The second-order valence-corrected chi connectivity index (χ2v) is 6.93. The van der Waals surface area contributed by atoms with Crippen molar-refractivity contribution in [3.05, 3.63) is 78.0 Å². The van der Waals surface area contributed by atoms with Crippen molar-refractivity contribution in [1.29, 1.82) is 0 Å². The number of aromatic nitrogens is 6. The van der Waals surface area contributed by atoms with Crippen molar-refractivity contribution in [3.8, 4) is 11.5 Å². The van der Waals surface area contributed by atoms with Crippen LogP contribution in [0.25, 0.3) is 16.7 Å². The maximum absolute atomic E-state index is 5.39. The molecule has 0 bridgehead atoms. The average molecular weight is 400 g/mol. The number of rotatable bonds is 6. The third-order valence-corrected chi connectivity index (χ3v) is 5.00. The van der Waals surface area contributed by atoms with E-state index in [2.05, 4.69) is 27.3 Å². The monoisotopic (exact) mass is 400 g/mol. The highest BCUT2D eigenvalue weighted by Gasteiger charge is 2.14. The maximum Gasteiger partial charge on any atom is 0.170 e. The van der Waals surface area contributed by atoms with Gasteiger partial charge in [0, 0.05) is 6.42 Å². The normalized spacial score (nSPS) is 11.3. The Bertz CT molecular complexity index is 1330.